The summed E-state index contributed by atoms with van der Waals surface area (Å²) in [6.45, 7) is 4.29. The molecule has 1 aromatic rings. The lowest BCUT2D eigenvalue weighted by Crippen LogP contribution is -2.25. The minimum absolute atomic E-state index is 0.0108. The third kappa shape index (κ3) is 4.13. The molecule has 0 nitrogen and oxygen atoms in total. The maximum atomic E-state index is 13.8. The summed E-state index contributed by atoms with van der Waals surface area (Å²) in [7, 11) is 0. The van der Waals surface area contributed by atoms with Gasteiger partial charge in [-0.1, -0.05) is 38.3 Å². The highest BCUT2D eigenvalue weighted by Crippen LogP contribution is 2.35. The zero-order valence-electron chi connectivity index (χ0n) is 11.1. The topological polar surface area (TPSA) is 0 Å². The van der Waals surface area contributed by atoms with Gasteiger partial charge in [0.1, 0.15) is 5.82 Å². The van der Waals surface area contributed by atoms with Gasteiger partial charge in [-0.15, -0.1) is 11.6 Å². The smallest absolute Gasteiger partial charge is 0.126 e. The van der Waals surface area contributed by atoms with Crippen molar-refractivity contribution >= 4 is 23.2 Å². The van der Waals surface area contributed by atoms with Crippen molar-refractivity contribution in [2.45, 2.75) is 46.0 Å². The molecule has 0 saturated carbocycles. The quantitative estimate of drug-likeness (QED) is 0.553. The van der Waals surface area contributed by atoms with Crippen LogP contribution in [0.15, 0.2) is 18.2 Å². The molecule has 0 aliphatic carbocycles. The number of benzene rings is 1. The van der Waals surface area contributed by atoms with Crippen molar-refractivity contribution in [3.63, 3.8) is 0 Å². The highest BCUT2D eigenvalue weighted by molar-refractivity contribution is 6.30. The highest BCUT2D eigenvalue weighted by atomic mass is 35.5. The molecule has 0 bridgehead atoms. The number of halogens is 3. The van der Waals surface area contributed by atoms with Crippen LogP contribution in [0.1, 0.15) is 45.1 Å². The van der Waals surface area contributed by atoms with Crippen molar-refractivity contribution in [3.8, 4) is 0 Å². The van der Waals surface area contributed by atoms with E-state index in [4.69, 9.17) is 23.2 Å². The van der Waals surface area contributed by atoms with E-state index in [1.165, 1.54) is 6.07 Å². The molecular formula is C15H21Cl2F. The Morgan fingerprint density at radius 2 is 2.00 bits per heavy atom. The number of unbranched alkanes of at least 4 members (excludes halogenated alkanes) is 1. The number of hydrogen-bond acceptors (Lipinski definition) is 0. The van der Waals surface area contributed by atoms with Crippen molar-refractivity contribution in [3.05, 3.63) is 34.6 Å². The summed E-state index contributed by atoms with van der Waals surface area (Å²) in [6, 6.07) is 4.74. The largest absolute Gasteiger partial charge is 0.207 e. The number of alkyl halides is 1. The Balaban J connectivity index is 2.91. The zero-order chi connectivity index (χ0) is 13.6. The maximum Gasteiger partial charge on any atom is 0.126 e. The van der Waals surface area contributed by atoms with E-state index < -0.39 is 0 Å². The molecule has 0 amide bonds. The van der Waals surface area contributed by atoms with Gasteiger partial charge in [-0.25, -0.2) is 4.39 Å². The third-order valence-electron chi connectivity index (χ3n) is 3.67. The average molecular weight is 291 g/mol. The molecule has 0 aliphatic rings. The fraction of sp³-hybridized carbons (Fsp3) is 0.600. The van der Waals surface area contributed by atoms with Crippen molar-refractivity contribution in [1.29, 1.82) is 0 Å². The van der Waals surface area contributed by atoms with Crippen LogP contribution in [-0.4, -0.2) is 5.88 Å². The Kier molecular flexibility index (Phi) is 6.45. The Labute approximate surface area is 119 Å². The first-order valence-electron chi connectivity index (χ1n) is 6.57. The van der Waals surface area contributed by atoms with Gasteiger partial charge in [0.2, 0.25) is 0 Å². The molecule has 0 spiro atoms. The van der Waals surface area contributed by atoms with Gasteiger partial charge < -0.3 is 0 Å². The first kappa shape index (κ1) is 15.8. The molecule has 0 heterocycles. The van der Waals surface area contributed by atoms with Crippen molar-refractivity contribution < 1.29 is 4.39 Å². The molecule has 1 atom stereocenters. The van der Waals surface area contributed by atoms with Gasteiger partial charge in [0.05, 0.1) is 0 Å². The van der Waals surface area contributed by atoms with Gasteiger partial charge in [0, 0.05) is 10.9 Å². The molecule has 1 unspecified atom stereocenters. The molecule has 102 valence electrons. The lowest BCUT2D eigenvalue weighted by molar-refractivity contribution is 0.275. The second-order valence-electron chi connectivity index (χ2n) is 5.00. The van der Waals surface area contributed by atoms with Gasteiger partial charge in [0.25, 0.3) is 0 Å². The minimum atomic E-state index is -0.182. The maximum absolute atomic E-state index is 13.8. The van der Waals surface area contributed by atoms with Crippen LogP contribution in [0.3, 0.4) is 0 Å². The molecule has 0 saturated heterocycles. The van der Waals surface area contributed by atoms with E-state index in [9.17, 15) is 4.39 Å². The lowest BCUT2D eigenvalue weighted by atomic mass is 9.77. The van der Waals surface area contributed by atoms with Gasteiger partial charge >= 0.3 is 0 Å². The van der Waals surface area contributed by atoms with E-state index in [2.05, 4.69) is 13.8 Å². The number of hydrogen-bond donors (Lipinski definition) is 0. The Hall–Kier alpha value is -0.270. The molecule has 0 radical (unpaired) electrons. The lowest BCUT2D eigenvalue weighted by Gasteiger charge is -2.31. The van der Waals surface area contributed by atoms with Crippen LogP contribution in [0.25, 0.3) is 0 Å². The van der Waals surface area contributed by atoms with E-state index in [1.807, 2.05) is 0 Å². The van der Waals surface area contributed by atoms with Gasteiger partial charge in [-0.05, 0) is 48.4 Å². The normalized spacial score (nSPS) is 14.5. The first-order chi connectivity index (χ1) is 8.56. The Morgan fingerprint density at radius 1 is 1.28 bits per heavy atom. The van der Waals surface area contributed by atoms with Gasteiger partial charge in [0.15, 0.2) is 0 Å². The molecule has 0 aliphatic heterocycles. The van der Waals surface area contributed by atoms with Crippen LogP contribution in [-0.2, 0) is 6.42 Å². The molecule has 18 heavy (non-hydrogen) atoms. The van der Waals surface area contributed by atoms with E-state index in [1.54, 1.807) is 12.1 Å². The number of rotatable bonds is 7. The predicted molar refractivity (Wildman–Crippen MR) is 78.1 cm³/mol. The first-order valence-corrected chi connectivity index (χ1v) is 7.48. The summed E-state index contributed by atoms with van der Waals surface area (Å²) in [5.41, 5.74) is 0.671. The summed E-state index contributed by atoms with van der Waals surface area (Å²) in [6.07, 6.45) is 4.93. The fourth-order valence-electron chi connectivity index (χ4n) is 2.23. The highest BCUT2D eigenvalue weighted by Gasteiger charge is 2.28. The monoisotopic (exact) mass is 290 g/mol. The molecule has 1 aromatic carbocycles. The average Bonchev–Trinajstić information content (AvgIpc) is 2.39. The Morgan fingerprint density at radius 3 is 2.56 bits per heavy atom. The Bertz CT molecular complexity index is 373. The fourth-order valence-corrected chi connectivity index (χ4v) is 2.85. The van der Waals surface area contributed by atoms with Crippen LogP contribution < -0.4 is 0 Å². The van der Waals surface area contributed by atoms with Crippen molar-refractivity contribution in [2.75, 3.05) is 5.88 Å². The van der Waals surface area contributed by atoms with Crippen LogP contribution in [0.4, 0.5) is 4.39 Å². The van der Waals surface area contributed by atoms with E-state index in [0.29, 0.717) is 22.9 Å². The summed E-state index contributed by atoms with van der Waals surface area (Å²) < 4.78 is 13.8. The third-order valence-corrected chi connectivity index (χ3v) is 4.47. The molecule has 0 aromatic heterocycles. The van der Waals surface area contributed by atoms with Crippen LogP contribution in [0, 0.1) is 11.2 Å². The van der Waals surface area contributed by atoms with Crippen LogP contribution in [0.2, 0.25) is 5.02 Å². The molecule has 0 fully saturated rings. The SMILES string of the molecule is CCCCC(CC)(CCl)Cc1cc(Cl)ccc1F. The van der Waals surface area contributed by atoms with Crippen LogP contribution in [0.5, 0.6) is 0 Å². The summed E-state index contributed by atoms with van der Waals surface area (Å²) in [5.74, 6) is 0.383. The zero-order valence-corrected chi connectivity index (χ0v) is 12.6. The van der Waals surface area contributed by atoms with E-state index >= 15 is 0 Å². The summed E-state index contributed by atoms with van der Waals surface area (Å²) >= 11 is 12.1. The molecule has 1 rings (SSSR count). The predicted octanol–water partition coefficient (Wildman–Crippen LogP) is 5.85. The second-order valence-corrected chi connectivity index (χ2v) is 5.71. The molecular weight excluding hydrogens is 270 g/mol. The summed E-state index contributed by atoms with van der Waals surface area (Å²) in [5, 5.41) is 0.585. The van der Waals surface area contributed by atoms with Crippen LogP contribution >= 0.6 is 23.2 Å². The summed E-state index contributed by atoms with van der Waals surface area (Å²) in [4.78, 5) is 0. The second kappa shape index (κ2) is 7.35. The molecule has 0 N–H and O–H groups in total. The van der Waals surface area contributed by atoms with Crippen molar-refractivity contribution in [1.82, 2.24) is 0 Å². The van der Waals surface area contributed by atoms with Gasteiger partial charge in [-0.2, -0.15) is 0 Å². The minimum Gasteiger partial charge on any atom is -0.207 e. The van der Waals surface area contributed by atoms with E-state index in [0.717, 1.165) is 25.7 Å². The molecule has 3 heteroatoms. The van der Waals surface area contributed by atoms with E-state index in [-0.39, 0.29) is 11.2 Å². The standard InChI is InChI=1S/C15H21Cl2F/c1-3-5-8-15(4-2,11-16)10-12-9-13(17)6-7-14(12)18/h6-7,9H,3-5,8,10-11H2,1-2H3. The van der Waals surface area contributed by atoms with Gasteiger partial charge in [-0.3, -0.25) is 0 Å². The van der Waals surface area contributed by atoms with Crippen molar-refractivity contribution in [2.24, 2.45) is 5.41 Å².